The van der Waals surface area contributed by atoms with E-state index in [0.29, 0.717) is 40.9 Å². The number of halogens is 2. The number of benzene rings is 2. The van der Waals surface area contributed by atoms with Crippen LogP contribution in [0.5, 0.6) is 5.75 Å². The van der Waals surface area contributed by atoms with Gasteiger partial charge in [0.1, 0.15) is 18.1 Å². The lowest BCUT2D eigenvalue weighted by Gasteiger charge is -2.32. The maximum Gasteiger partial charge on any atom is 0.323 e. The number of carboxylic acids is 1. The summed E-state index contributed by atoms with van der Waals surface area (Å²) >= 11 is 5.86. The molecule has 1 unspecified atom stereocenters. The van der Waals surface area contributed by atoms with Gasteiger partial charge >= 0.3 is 5.97 Å². The molecule has 1 atom stereocenters. The molecule has 162 valence electrons. The van der Waals surface area contributed by atoms with Crippen molar-refractivity contribution in [3.63, 3.8) is 0 Å². The first-order valence-corrected chi connectivity index (χ1v) is 10.4. The smallest absolute Gasteiger partial charge is 0.323 e. The minimum Gasteiger partial charge on any atom is -0.484 e. The molecule has 1 aliphatic rings. The molecule has 0 spiro atoms. The fourth-order valence-corrected chi connectivity index (χ4v) is 4.36. The molecule has 0 aliphatic heterocycles. The number of carbonyl (C=O) groups is 2. The lowest BCUT2D eigenvalue weighted by molar-refractivity contribution is -0.137. The molecular formula is C23H22ClFN2O4. The minimum absolute atomic E-state index is 0.0824. The van der Waals surface area contributed by atoms with Crippen LogP contribution in [0, 0.1) is 5.82 Å². The van der Waals surface area contributed by atoms with Gasteiger partial charge in [-0.25, -0.2) is 4.39 Å². The number of likely N-dealkylation sites (N-methyl/N-ethyl adjacent to an activating group) is 1. The molecule has 1 heterocycles. The van der Waals surface area contributed by atoms with Crippen LogP contribution in [-0.2, 0) is 29.0 Å². The largest absolute Gasteiger partial charge is 0.484 e. The third kappa shape index (κ3) is 4.37. The van der Waals surface area contributed by atoms with Crippen LogP contribution >= 0.6 is 11.6 Å². The van der Waals surface area contributed by atoms with Crippen LogP contribution in [0.4, 0.5) is 4.39 Å². The molecule has 1 aromatic heterocycles. The third-order valence-electron chi connectivity index (χ3n) is 5.81. The summed E-state index contributed by atoms with van der Waals surface area (Å²) in [4.78, 5) is 25.7. The van der Waals surface area contributed by atoms with Crippen molar-refractivity contribution >= 4 is 34.4 Å². The second-order valence-electron chi connectivity index (χ2n) is 7.71. The topological polar surface area (TPSA) is 71.8 Å². The lowest BCUT2D eigenvalue weighted by atomic mass is 9.90. The number of rotatable bonds is 6. The Morgan fingerprint density at radius 2 is 2.00 bits per heavy atom. The minimum atomic E-state index is -0.946. The Kier molecular flexibility index (Phi) is 5.87. The van der Waals surface area contributed by atoms with E-state index in [1.54, 1.807) is 46.8 Å². The average molecular weight is 445 g/mol. The van der Waals surface area contributed by atoms with Crippen molar-refractivity contribution in [2.75, 3.05) is 13.7 Å². The van der Waals surface area contributed by atoms with Crippen molar-refractivity contribution < 1.29 is 23.8 Å². The van der Waals surface area contributed by atoms with E-state index in [4.69, 9.17) is 16.3 Å². The highest BCUT2D eigenvalue weighted by Gasteiger charge is 2.30. The Bertz CT molecular complexity index is 1140. The highest BCUT2D eigenvalue weighted by atomic mass is 35.5. The van der Waals surface area contributed by atoms with Gasteiger partial charge in [-0.05, 0) is 67.3 Å². The van der Waals surface area contributed by atoms with Gasteiger partial charge in [-0.3, -0.25) is 9.59 Å². The number of ether oxygens (including phenoxy) is 1. The van der Waals surface area contributed by atoms with Crippen molar-refractivity contribution in [1.82, 2.24) is 9.47 Å². The molecule has 0 bridgehead atoms. The number of amides is 1. The first kappa shape index (κ1) is 21.2. The predicted molar refractivity (Wildman–Crippen MR) is 115 cm³/mol. The summed E-state index contributed by atoms with van der Waals surface area (Å²) in [7, 11) is 1.74. The fourth-order valence-electron chi connectivity index (χ4n) is 4.23. The fraction of sp³-hybridized carbons (Fsp3) is 0.304. The summed E-state index contributed by atoms with van der Waals surface area (Å²) in [6.07, 6.45) is 1.83. The van der Waals surface area contributed by atoms with Crippen molar-refractivity contribution in [3.8, 4) is 5.75 Å². The SMILES string of the molecule is CN(C(=O)COc1ccc(Cl)cc1)C1CCc2c(c3cc(F)ccc3n2CC(=O)O)C1. The molecule has 3 aromatic rings. The van der Waals surface area contributed by atoms with Gasteiger partial charge < -0.3 is 19.3 Å². The summed E-state index contributed by atoms with van der Waals surface area (Å²) < 4.78 is 21.2. The number of fused-ring (bicyclic) bond motifs is 3. The van der Waals surface area contributed by atoms with Gasteiger partial charge in [0.2, 0.25) is 0 Å². The summed E-state index contributed by atoms with van der Waals surface area (Å²) in [5, 5.41) is 10.6. The molecule has 1 amide bonds. The van der Waals surface area contributed by atoms with Gasteiger partial charge in [-0.15, -0.1) is 0 Å². The molecule has 4 rings (SSSR count). The average Bonchev–Trinajstić information content (AvgIpc) is 3.04. The molecule has 1 aliphatic carbocycles. The van der Waals surface area contributed by atoms with E-state index < -0.39 is 5.97 Å². The van der Waals surface area contributed by atoms with Gasteiger partial charge in [-0.1, -0.05) is 11.6 Å². The highest BCUT2D eigenvalue weighted by molar-refractivity contribution is 6.30. The Labute approximate surface area is 183 Å². The van der Waals surface area contributed by atoms with Crippen molar-refractivity contribution in [2.45, 2.75) is 31.8 Å². The molecule has 0 fully saturated rings. The zero-order valence-electron chi connectivity index (χ0n) is 17.0. The van der Waals surface area contributed by atoms with Crippen molar-refractivity contribution in [1.29, 1.82) is 0 Å². The van der Waals surface area contributed by atoms with Crippen molar-refractivity contribution in [3.05, 3.63) is 64.6 Å². The molecule has 2 aromatic carbocycles. The first-order valence-electron chi connectivity index (χ1n) is 9.99. The van der Waals surface area contributed by atoms with Crippen LogP contribution in [0.2, 0.25) is 5.02 Å². The van der Waals surface area contributed by atoms with Crippen LogP contribution in [0.15, 0.2) is 42.5 Å². The molecule has 0 saturated heterocycles. The number of hydrogen-bond acceptors (Lipinski definition) is 3. The van der Waals surface area contributed by atoms with E-state index in [1.165, 1.54) is 12.1 Å². The van der Waals surface area contributed by atoms with E-state index in [0.717, 1.165) is 11.3 Å². The molecule has 0 saturated carbocycles. The van der Waals surface area contributed by atoms with Crippen molar-refractivity contribution in [2.24, 2.45) is 0 Å². The van der Waals surface area contributed by atoms with Crippen LogP contribution in [0.3, 0.4) is 0 Å². The lowest BCUT2D eigenvalue weighted by Crippen LogP contribution is -2.43. The first-order chi connectivity index (χ1) is 14.8. The van der Waals surface area contributed by atoms with Gasteiger partial charge in [0, 0.05) is 34.7 Å². The Morgan fingerprint density at radius 3 is 2.71 bits per heavy atom. The van der Waals surface area contributed by atoms with Gasteiger partial charge in [0.05, 0.1) is 0 Å². The number of nitrogens with zero attached hydrogens (tertiary/aromatic N) is 2. The standard InChI is InChI=1S/C23H22ClFN2O4/c1-26(22(28)13-31-17-6-2-14(24)3-7-17)16-5-9-21-19(11-16)18-10-15(25)4-8-20(18)27(21)12-23(29)30/h2-4,6-8,10,16H,5,9,11-13H2,1H3,(H,29,30). The second kappa shape index (κ2) is 8.59. The molecule has 8 heteroatoms. The van der Waals surface area contributed by atoms with Crippen LogP contribution in [0.1, 0.15) is 17.7 Å². The summed E-state index contributed by atoms with van der Waals surface area (Å²) in [6, 6.07) is 11.1. The summed E-state index contributed by atoms with van der Waals surface area (Å²) in [5.74, 6) is -0.920. The predicted octanol–water partition coefficient (Wildman–Crippen LogP) is 3.91. The molecule has 6 nitrogen and oxygen atoms in total. The van der Waals surface area contributed by atoms with E-state index in [1.807, 2.05) is 0 Å². The van der Waals surface area contributed by atoms with Crippen LogP contribution in [-0.4, -0.2) is 46.1 Å². The van der Waals surface area contributed by atoms with Crippen LogP contribution < -0.4 is 4.74 Å². The number of aliphatic carboxylic acids is 1. The number of carbonyl (C=O) groups excluding carboxylic acids is 1. The molecule has 31 heavy (non-hydrogen) atoms. The zero-order chi connectivity index (χ0) is 22.1. The third-order valence-corrected chi connectivity index (χ3v) is 6.07. The highest BCUT2D eigenvalue weighted by Crippen LogP contribution is 2.34. The summed E-state index contributed by atoms with van der Waals surface area (Å²) in [5.41, 5.74) is 2.51. The number of hydrogen-bond donors (Lipinski definition) is 1. The maximum absolute atomic E-state index is 13.9. The quantitative estimate of drug-likeness (QED) is 0.625. The molecule has 0 radical (unpaired) electrons. The number of carboxylic acid groups (broad SMARTS) is 1. The zero-order valence-corrected chi connectivity index (χ0v) is 17.7. The maximum atomic E-state index is 13.9. The molecule has 1 N–H and O–H groups in total. The Morgan fingerprint density at radius 1 is 1.26 bits per heavy atom. The van der Waals surface area contributed by atoms with Gasteiger partial charge in [-0.2, -0.15) is 0 Å². The van der Waals surface area contributed by atoms with Gasteiger partial charge in [0.25, 0.3) is 5.91 Å². The number of aromatic nitrogens is 1. The Balaban J connectivity index is 1.53. The molecular weight excluding hydrogens is 423 g/mol. The van der Waals surface area contributed by atoms with E-state index >= 15 is 0 Å². The Hall–Kier alpha value is -3.06. The van der Waals surface area contributed by atoms with Gasteiger partial charge in [0.15, 0.2) is 6.61 Å². The monoisotopic (exact) mass is 444 g/mol. The van der Waals surface area contributed by atoms with E-state index in [2.05, 4.69) is 0 Å². The summed E-state index contributed by atoms with van der Waals surface area (Å²) in [6.45, 7) is -0.275. The second-order valence-corrected chi connectivity index (χ2v) is 8.15. The van der Waals surface area contributed by atoms with E-state index in [-0.39, 0.29) is 30.9 Å². The normalized spacial score (nSPS) is 15.5. The van der Waals surface area contributed by atoms with Crippen LogP contribution in [0.25, 0.3) is 10.9 Å². The van der Waals surface area contributed by atoms with E-state index in [9.17, 15) is 19.1 Å².